The first kappa shape index (κ1) is 41.6. The third-order valence-corrected chi connectivity index (χ3v) is 12.2. The van der Waals surface area contributed by atoms with Crippen molar-refractivity contribution >= 4 is 45.3 Å². The van der Waals surface area contributed by atoms with E-state index in [4.69, 9.17) is 19.9 Å². The Morgan fingerprint density at radius 2 is 1.80 bits per heavy atom. The summed E-state index contributed by atoms with van der Waals surface area (Å²) in [6.45, 7) is 6.57. The fourth-order valence-corrected chi connectivity index (χ4v) is 8.97. The van der Waals surface area contributed by atoms with Gasteiger partial charge in [0.2, 0.25) is 17.7 Å². The number of carbonyl (C=O) groups is 4. The molecule has 3 N–H and O–H groups in total. The molecule has 3 atom stereocenters. The fourth-order valence-electron chi connectivity index (χ4n) is 8.97. The number of imidazole rings is 1. The summed E-state index contributed by atoms with van der Waals surface area (Å²) in [4.78, 5) is 69.1. The van der Waals surface area contributed by atoms with Crippen molar-refractivity contribution in [1.29, 1.82) is 0 Å². The van der Waals surface area contributed by atoms with Crippen LogP contribution >= 0.6 is 0 Å². The van der Waals surface area contributed by atoms with Crippen molar-refractivity contribution in [3.05, 3.63) is 63.7 Å². The van der Waals surface area contributed by atoms with E-state index < -0.39 is 17.9 Å². The zero-order valence-electron chi connectivity index (χ0n) is 34.2. The van der Waals surface area contributed by atoms with E-state index in [0.29, 0.717) is 73.1 Å². The van der Waals surface area contributed by atoms with E-state index in [1.54, 1.807) is 29.9 Å². The molecule has 0 spiro atoms. The number of nitrogens with two attached hydrogens (primary N) is 1. The zero-order chi connectivity index (χ0) is 41.6. The number of benzene rings is 2. The van der Waals surface area contributed by atoms with E-state index in [9.17, 15) is 24.0 Å². The fraction of sp³-hybridized carbons (Fsp3) is 0.511. The molecular formula is C45H54N6O8. The van der Waals surface area contributed by atoms with Gasteiger partial charge in [0.1, 0.15) is 17.6 Å². The number of ketones is 1. The van der Waals surface area contributed by atoms with E-state index >= 15 is 0 Å². The van der Waals surface area contributed by atoms with Gasteiger partial charge in [0.15, 0.2) is 0 Å². The summed E-state index contributed by atoms with van der Waals surface area (Å²) in [5.41, 5.74) is 8.93. The lowest BCUT2D eigenvalue weighted by Crippen LogP contribution is -2.44. The molecule has 4 aromatic rings. The van der Waals surface area contributed by atoms with Gasteiger partial charge in [-0.15, -0.1) is 0 Å². The number of primary amides is 1. The number of para-hydroxylation sites is 1. The normalized spacial score (nSPS) is 20.2. The standard InChI is InChI=1S/C45H54N6O8/c1-4-29-22-33(52)23-32(29)27-59-44-35-25-39(57-3)36(42(46)54)24-34(35)31(26-47-44)12-11-28-15-18-50(19-16-28)17-7-21-58-20-6-9-30-8-5-10-37-41(30)49(2)45(56)51(37)38-13-14-40(53)48-43(38)55/h5,8,10,24-26,28-29,32,38H,4,6-7,9,13-23,27H2,1-3H3,(H2,46,54)(H,48,53,55)/t29-,32-,38?/m1/s1. The molecule has 2 aromatic carbocycles. The van der Waals surface area contributed by atoms with Crippen LogP contribution in [0.1, 0.15) is 92.2 Å². The maximum Gasteiger partial charge on any atom is 0.329 e. The summed E-state index contributed by atoms with van der Waals surface area (Å²) >= 11 is 0. The molecule has 14 heteroatoms. The lowest BCUT2D eigenvalue weighted by atomic mass is 9.94. The number of aryl methyl sites for hydroxylation is 2. The smallest absolute Gasteiger partial charge is 0.329 e. The van der Waals surface area contributed by atoms with Crippen molar-refractivity contribution in [3.63, 3.8) is 0 Å². The first-order chi connectivity index (χ1) is 28.6. The van der Waals surface area contributed by atoms with E-state index in [1.807, 2.05) is 18.2 Å². The predicted molar refractivity (Wildman–Crippen MR) is 222 cm³/mol. The maximum absolute atomic E-state index is 13.2. The van der Waals surface area contributed by atoms with Gasteiger partial charge in [0, 0.05) is 74.9 Å². The second-order valence-electron chi connectivity index (χ2n) is 16.0. The molecule has 7 rings (SSSR count). The second kappa shape index (κ2) is 18.6. The molecule has 2 aliphatic heterocycles. The molecule has 0 bridgehead atoms. The number of aromatic nitrogens is 3. The number of piperidine rings is 2. The van der Waals surface area contributed by atoms with Crippen LogP contribution in [0.25, 0.3) is 21.8 Å². The molecule has 2 aromatic heterocycles. The monoisotopic (exact) mass is 806 g/mol. The number of methoxy groups -OCH3 is 1. The van der Waals surface area contributed by atoms with Gasteiger partial charge in [-0.2, -0.15) is 0 Å². The van der Waals surface area contributed by atoms with E-state index in [2.05, 4.69) is 34.0 Å². The highest BCUT2D eigenvalue weighted by Crippen LogP contribution is 2.36. The van der Waals surface area contributed by atoms with Crippen molar-refractivity contribution in [1.82, 2.24) is 24.3 Å². The number of pyridine rings is 1. The number of hydrogen-bond acceptors (Lipinski definition) is 10. The molecule has 59 heavy (non-hydrogen) atoms. The van der Waals surface area contributed by atoms with Gasteiger partial charge >= 0.3 is 5.69 Å². The quantitative estimate of drug-likeness (QED) is 0.0991. The second-order valence-corrected chi connectivity index (χ2v) is 16.0. The van der Waals surface area contributed by atoms with Crippen molar-refractivity contribution in [2.24, 2.45) is 30.5 Å². The van der Waals surface area contributed by atoms with E-state index in [-0.39, 0.29) is 41.2 Å². The SMILES string of the molecule is CC[C@@H]1CC(=O)C[C@@H]1COc1ncc(C#CC2CCN(CCCOCCCc3cccc4c3n(C)c(=O)n4C3CCC(=O)NC3=O)CC2)c2cc(C(N)=O)c(OC)cc12. The summed E-state index contributed by atoms with van der Waals surface area (Å²) in [6.07, 6.45) is 8.56. The van der Waals surface area contributed by atoms with Gasteiger partial charge < -0.3 is 24.8 Å². The molecule has 4 heterocycles. The number of hydrogen-bond donors (Lipinski definition) is 2. The minimum Gasteiger partial charge on any atom is -0.496 e. The highest BCUT2D eigenvalue weighted by molar-refractivity contribution is 6.03. The average Bonchev–Trinajstić information content (AvgIpc) is 3.73. The number of imide groups is 1. The average molecular weight is 807 g/mol. The van der Waals surface area contributed by atoms with Crippen molar-refractivity contribution in [2.75, 3.05) is 46.6 Å². The largest absolute Gasteiger partial charge is 0.496 e. The third-order valence-electron chi connectivity index (χ3n) is 12.2. The zero-order valence-corrected chi connectivity index (χ0v) is 34.2. The van der Waals surface area contributed by atoms with Crippen LogP contribution < -0.4 is 26.2 Å². The Hall–Kier alpha value is -5.52. The first-order valence-electron chi connectivity index (χ1n) is 20.8. The number of amides is 3. The number of rotatable bonds is 15. The van der Waals surface area contributed by atoms with Crippen LogP contribution in [0.4, 0.5) is 0 Å². The lowest BCUT2D eigenvalue weighted by molar-refractivity contribution is -0.135. The molecular weight excluding hydrogens is 753 g/mol. The number of likely N-dealkylation sites (tertiary alicyclic amines) is 1. The highest BCUT2D eigenvalue weighted by Gasteiger charge is 2.33. The van der Waals surface area contributed by atoms with Gasteiger partial charge in [-0.25, -0.2) is 9.78 Å². The number of nitrogens with zero attached hydrogens (tertiary/aromatic N) is 4. The van der Waals surface area contributed by atoms with Crippen molar-refractivity contribution in [2.45, 2.75) is 77.2 Å². The minimum absolute atomic E-state index is 0.141. The summed E-state index contributed by atoms with van der Waals surface area (Å²) in [5, 5.41) is 3.76. The molecule has 1 unspecified atom stereocenters. The Balaban J connectivity index is 0.889. The van der Waals surface area contributed by atoms with Crippen LogP contribution in [0.15, 0.2) is 41.3 Å². The van der Waals surface area contributed by atoms with Crippen LogP contribution in [0.5, 0.6) is 11.6 Å². The number of ether oxygens (including phenoxy) is 3. The molecule has 2 saturated heterocycles. The number of carbonyl (C=O) groups excluding carboxylic acids is 4. The summed E-state index contributed by atoms with van der Waals surface area (Å²) in [5.74, 6) is 7.16. The predicted octanol–water partition coefficient (Wildman–Crippen LogP) is 4.46. The Morgan fingerprint density at radius 3 is 2.54 bits per heavy atom. The molecule has 1 aliphatic carbocycles. The Labute approximate surface area is 343 Å². The number of fused-ring (bicyclic) bond motifs is 2. The van der Waals surface area contributed by atoms with E-state index in [1.165, 1.54) is 11.7 Å². The summed E-state index contributed by atoms with van der Waals surface area (Å²) in [7, 11) is 3.22. The van der Waals surface area contributed by atoms with Gasteiger partial charge in [-0.1, -0.05) is 37.3 Å². The number of Topliss-reactive ketones (excluding diaryl/α,β-unsaturated/α-hetero) is 1. The minimum atomic E-state index is -0.704. The Kier molecular flexibility index (Phi) is 13.1. The van der Waals surface area contributed by atoms with Gasteiger partial charge in [-0.05, 0) is 81.3 Å². The van der Waals surface area contributed by atoms with Crippen molar-refractivity contribution < 1.29 is 33.4 Å². The van der Waals surface area contributed by atoms with Crippen molar-refractivity contribution in [3.8, 4) is 23.5 Å². The lowest BCUT2D eigenvalue weighted by Gasteiger charge is -2.29. The highest BCUT2D eigenvalue weighted by atomic mass is 16.5. The van der Waals surface area contributed by atoms with Gasteiger partial charge in [0.05, 0.1) is 35.9 Å². The topological polar surface area (TPSA) is 177 Å². The Morgan fingerprint density at radius 1 is 1.02 bits per heavy atom. The summed E-state index contributed by atoms with van der Waals surface area (Å²) < 4.78 is 20.9. The molecule has 0 radical (unpaired) electrons. The van der Waals surface area contributed by atoms with Crippen LogP contribution in [0, 0.1) is 29.6 Å². The van der Waals surface area contributed by atoms with Gasteiger partial charge in [0.25, 0.3) is 5.91 Å². The van der Waals surface area contributed by atoms with Crippen LogP contribution in [0.2, 0.25) is 0 Å². The molecule has 312 valence electrons. The first-order valence-corrected chi connectivity index (χ1v) is 20.8. The van der Waals surface area contributed by atoms with Gasteiger partial charge in [-0.3, -0.25) is 33.6 Å². The van der Waals surface area contributed by atoms with Crippen LogP contribution in [-0.4, -0.2) is 89.1 Å². The van der Waals surface area contributed by atoms with Crippen LogP contribution in [0.3, 0.4) is 0 Å². The molecule has 14 nitrogen and oxygen atoms in total. The molecule has 3 aliphatic rings. The number of nitrogens with one attached hydrogen (secondary N) is 1. The molecule has 3 fully saturated rings. The summed E-state index contributed by atoms with van der Waals surface area (Å²) in [6, 6.07) is 8.52. The van der Waals surface area contributed by atoms with Crippen LogP contribution in [-0.2, 0) is 32.6 Å². The molecule has 3 amide bonds. The Bertz CT molecular complexity index is 2360. The maximum atomic E-state index is 13.2. The third kappa shape index (κ3) is 9.21. The molecule has 1 saturated carbocycles. The van der Waals surface area contributed by atoms with E-state index in [0.717, 1.165) is 74.6 Å².